The molecule has 1 rings (SSSR count). The summed E-state index contributed by atoms with van der Waals surface area (Å²) in [4.78, 5) is 22.9. The second kappa shape index (κ2) is 7.53. The Labute approximate surface area is 113 Å². The lowest BCUT2D eigenvalue weighted by Crippen LogP contribution is -2.17. The van der Waals surface area contributed by atoms with Crippen LogP contribution in [0.3, 0.4) is 0 Å². The molecule has 0 saturated heterocycles. The van der Waals surface area contributed by atoms with Crippen molar-refractivity contribution in [3.8, 4) is 0 Å². The van der Waals surface area contributed by atoms with Gasteiger partial charge in [0.15, 0.2) is 0 Å². The minimum Gasteiger partial charge on any atom is -0.375 e. The molecule has 0 heterocycles. The third kappa shape index (κ3) is 6.01. The van der Waals surface area contributed by atoms with Crippen LogP contribution >= 0.6 is 0 Å². The molecule has 2 amide bonds. The number of anilines is 2. The van der Waals surface area contributed by atoms with Gasteiger partial charge in [0.05, 0.1) is 0 Å². The Kier molecular flexibility index (Phi) is 6.02. The van der Waals surface area contributed by atoms with Crippen molar-refractivity contribution in [3.63, 3.8) is 0 Å². The third-order valence-electron chi connectivity index (χ3n) is 2.32. The summed E-state index contributed by atoms with van der Waals surface area (Å²) in [5.74, 6) is 0.109. The van der Waals surface area contributed by atoms with Crippen LogP contribution in [0.4, 0.5) is 11.4 Å². The van der Waals surface area contributed by atoms with E-state index in [-0.39, 0.29) is 18.4 Å². The van der Waals surface area contributed by atoms with Gasteiger partial charge in [-0.3, -0.25) is 9.59 Å². The van der Waals surface area contributed by atoms with Crippen molar-refractivity contribution in [1.29, 1.82) is 0 Å². The molecule has 1 aromatic carbocycles. The molecule has 1 aromatic rings. The summed E-state index contributed by atoms with van der Waals surface area (Å²) in [6.07, 6.45) is 0.492. The van der Waals surface area contributed by atoms with Crippen LogP contribution in [0.5, 0.6) is 0 Å². The molecule has 0 unspecified atom stereocenters. The van der Waals surface area contributed by atoms with E-state index in [1.807, 2.05) is 13.8 Å². The molecule has 0 fully saturated rings. The van der Waals surface area contributed by atoms with E-state index < -0.39 is 0 Å². The first kappa shape index (κ1) is 15.2. The average Bonchev–Trinajstić information content (AvgIpc) is 2.31. The molecule has 0 spiro atoms. The standard InChI is InChI=1S/C14H20N2O3/c1-10(2)8-13(17)15-11-4-6-12(7-5-11)16-14(18)9-19-3/h4-7,10H,8-9H2,1-3H3,(H,15,17)(H,16,18). The van der Waals surface area contributed by atoms with E-state index in [9.17, 15) is 9.59 Å². The van der Waals surface area contributed by atoms with E-state index in [1.54, 1.807) is 24.3 Å². The molecule has 0 aliphatic carbocycles. The van der Waals surface area contributed by atoms with Gasteiger partial charge in [0.2, 0.25) is 11.8 Å². The number of carbonyl (C=O) groups excluding carboxylic acids is 2. The van der Waals surface area contributed by atoms with Crippen molar-refractivity contribution in [3.05, 3.63) is 24.3 Å². The Hall–Kier alpha value is -1.88. The minimum atomic E-state index is -0.209. The topological polar surface area (TPSA) is 67.4 Å². The molecule has 0 aliphatic rings. The Morgan fingerprint density at radius 2 is 1.53 bits per heavy atom. The molecular weight excluding hydrogens is 244 g/mol. The van der Waals surface area contributed by atoms with Crippen molar-refractivity contribution in [2.24, 2.45) is 5.92 Å². The Morgan fingerprint density at radius 1 is 1.05 bits per heavy atom. The van der Waals surface area contributed by atoms with E-state index in [2.05, 4.69) is 10.6 Å². The first-order valence-corrected chi connectivity index (χ1v) is 6.20. The van der Waals surface area contributed by atoms with Crippen LogP contribution in [0.1, 0.15) is 20.3 Å². The normalized spacial score (nSPS) is 10.3. The lowest BCUT2D eigenvalue weighted by molar-refractivity contribution is -0.119. The van der Waals surface area contributed by atoms with Gasteiger partial charge < -0.3 is 15.4 Å². The van der Waals surface area contributed by atoms with Crippen LogP contribution in [0.15, 0.2) is 24.3 Å². The molecule has 0 bridgehead atoms. The van der Waals surface area contributed by atoms with Crippen LogP contribution in [0.2, 0.25) is 0 Å². The Bertz CT molecular complexity index is 427. The number of hydrogen-bond acceptors (Lipinski definition) is 3. The molecule has 0 atom stereocenters. The molecule has 0 aliphatic heterocycles. The molecule has 0 aromatic heterocycles. The number of nitrogens with one attached hydrogen (secondary N) is 2. The van der Waals surface area contributed by atoms with Crippen LogP contribution in [0, 0.1) is 5.92 Å². The van der Waals surface area contributed by atoms with Crippen LogP contribution in [-0.4, -0.2) is 25.5 Å². The van der Waals surface area contributed by atoms with E-state index in [1.165, 1.54) is 7.11 Å². The summed E-state index contributed by atoms with van der Waals surface area (Å²) in [7, 11) is 1.47. The van der Waals surface area contributed by atoms with Gasteiger partial charge in [0.25, 0.3) is 0 Å². The maximum atomic E-state index is 11.6. The first-order chi connectivity index (χ1) is 9.01. The molecule has 5 nitrogen and oxygen atoms in total. The predicted octanol–water partition coefficient (Wildman–Crippen LogP) is 2.26. The molecule has 0 saturated carbocycles. The second-order valence-electron chi connectivity index (χ2n) is 4.70. The van der Waals surface area contributed by atoms with Crippen LogP contribution in [-0.2, 0) is 14.3 Å². The summed E-state index contributed by atoms with van der Waals surface area (Å²) >= 11 is 0. The SMILES string of the molecule is COCC(=O)Nc1ccc(NC(=O)CC(C)C)cc1. The fourth-order valence-electron chi connectivity index (χ4n) is 1.55. The van der Waals surface area contributed by atoms with E-state index in [0.717, 1.165) is 5.69 Å². The molecule has 2 N–H and O–H groups in total. The van der Waals surface area contributed by atoms with Crippen molar-refractivity contribution in [2.45, 2.75) is 20.3 Å². The Morgan fingerprint density at radius 3 is 1.95 bits per heavy atom. The summed E-state index contributed by atoms with van der Waals surface area (Å²) in [6.45, 7) is 4.01. The highest BCUT2D eigenvalue weighted by Crippen LogP contribution is 2.14. The zero-order valence-electron chi connectivity index (χ0n) is 11.5. The van der Waals surface area contributed by atoms with Gasteiger partial charge >= 0.3 is 0 Å². The van der Waals surface area contributed by atoms with Gasteiger partial charge in [-0.2, -0.15) is 0 Å². The Balaban J connectivity index is 2.52. The number of methoxy groups -OCH3 is 1. The largest absolute Gasteiger partial charge is 0.375 e. The average molecular weight is 264 g/mol. The van der Waals surface area contributed by atoms with Gasteiger partial charge in [-0.05, 0) is 30.2 Å². The minimum absolute atomic E-state index is 0.00818. The summed E-state index contributed by atoms with van der Waals surface area (Å²) in [5, 5.41) is 5.48. The van der Waals surface area contributed by atoms with Crippen LogP contribution < -0.4 is 10.6 Å². The summed E-state index contributed by atoms with van der Waals surface area (Å²) in [6, 6.07) is 6.97. The highest BCUT2D eigenvalue weighted by Gasteiger charge is 2.05. The smallest absolute Gasteiger partial charge is 0.250 e. The van der Waals surface area contributed by atoms with Crippen molar-refractivity contribution < 1.29 is 14.3 Å². The monoisotopic (exact) mass is 264 g/mol. The zero-order valence-corrected chi connectivity index (χ0v) is 11.5. The third-order valence-corrected chi connectivity index (χ3v) is 2.32. The number of hydrogen-bond donors (Lipinski definition) is 2. The molecule has 104 valence electrons. The van der Waals surface area contributed by atoms with Crippen molar-refractivity contribution >= 4 is 23.2 Å². The van der Waals surface area contributed by atoms with Crippen molar-refractivity contribution in [2.75, 3.05) is 24.4 Å². The predicted molar refractivity (Wildman–Crippen MR) is 75.0 cm³/mol. The molecule has 19 heavy (non-hydrogen) atoms. The van der Waals surface area contributed by atoms with E-state index >= 15 is 0 Å². The second-order valence-corrected chi connectivity index (χ2v) is 4.70. The van der Waals surface area contributed by atoms with Crippen molar-refractivity contribution in [1.82, 2.24) is 0 Å². The number of ether oxygens (including phenoxy) is 1. The zero-order chi connectivity index (χ0) is 14.3. The summed E-state index contributed by atoms with van der Waals surface area (Å²) < 4.78 is 4.72. The van der Waals surface area contributed by atoms with Gasteiger partial charge in [0.1, 0.15) is 6.61 Å². The lowest BCUT2D eigenvalue weighted by atomic mass is 10.1. The number of amides is 2. The van der Waals surface area contributed by atoms with Gasteiger partial charge in [-0.25, -0.2) is 0 Å². The fraction of sp³-hybridized carbons (Fsp3) is 0.429. The van der Waals surface area contributed by atoms with Gasteiger partial charge in [-0.1, -0.05) is 13.8 Å². The summed E-state index contributed by atoms with van der Waals surface area (Å²) in [5.41, 5.74) is 1.39. The lowest BCUT2D eigenvalue weighted by Gasteiger charge is -2.08. The number of carbonyl (C=O) groups is 2. The highest BCUT2D eigenvalue weighted by atomic mass is 16.5. The van der Waals surface area contributed by atoms with Gasteiger partial charge in [-0.15, -0.1) is 0 Å². The fourth-order valence-corrected chi connectivity index (χ4v) is 1.55. The molecule has 5 heteroatoms. The number of rotatable bonds is 6. The van der Waals surface area contributed by atoms with Crippen LogP contribution in [0.25, 0.3) is 0 Å². The quantitative estimate of drug-likeness (QED) is 0.828. The van der Waals surface area contributed by atoms with E-state index in [4.69, 9.17) is 4.74 Å². The van der Waals surface area contributed by atoms with E-state index in [0.29, 0.717) is 18.0 Å². The maximum absolute atomic E-state index is 11.6. The first-order valence-electron chi connectivity index (χ1n) is 6.20. The highest BCUT2D eigenvalue weighted by molar-refractivity contribution is 5.93. The molecular formula is C14H20N2O3. The maximum Gasteiger partial charge on any atom is 0.250 e. The molecule has 0 radical (unpaired) electrons. The number of benzene rings is 1. The van der Waals surface area contributed by atoms with Gasteiger partial charge in [0, 0.05) is 24.9 Å².